The van der Waals surface area contributed by atoms with Crippen LogP contribution in [0.3, 0.4) is 0 Å². The van der Waals surface area contributed by atoms with E-state index in [9.17, 15) is 9.59 Å². The van der Waals surface area contributed by atoms with Gasteiger partial charge in [0.1, 0.15) is 12.0 Å². The van der Waals surface area contributed by atoms with Crippen LogP contribution in [0.4, 0.5) is 0 Å². The Balaban J connectivity index is 1.65. The molecule has 3 aromatic rings. The highest BCUT2D eigenvalue weighted by Gasteiger charge is 2.13. The van der Waals surface area contributed by atoms with Gasteiger partial charge in [-0.3, -0.25) is 4.79 Å². The topological polar surface area (TPSA) is 110 Å². The third kappa shape index (κ3) is 6.36. The van der Waals surface area contributed by atoms with Crippen LogP contribution in [0.15, 0.2) is 57.2 Å². The SMILES string of the molecule is COc1cc(C=CC(=O)Oc2coc(CSc3nccc(C)n3)cc2=O)cc(OC)c1OC. The van der Waals surface area contributed by atoms with E-state index in [1.54, 1.807) is 24.4 Å². The minimum absolute atomic E-state index is 0.213. The normalized spacial score (nSPS) is 10.8. The number of carbonyl (C=O) groups excluding carboxylic acids is 1. The van der Waals surface area contributed by atoms with Crippen LogP contribution in [-0.4, -0.2) is 37.3 Å². The molecular weight excluding hydrogens is 448 g/mol. The lowest BCUT2D eigenvalue weighted by atomic mass is 10.1. The molecular formula is C23H22N2O7S. The number of thioether (sulfide) groups is 1. The Labute approximate surface area is 194 Å². The van der Waals surface area contributed by atoms with Gasteiger partial charge in [-0.05, 0) is 36.8 Å². The maximum Gasteiger partial charge on any atom is 0.336 e. The summed E-state index contributed by atoms with van der Waals surface area (Å²) in [4.78, 5) is 32.9. The van der Waals surface area contributed by atoms with Crippen LogP contribution in [0, 0.1) is 6.92 Å². The highest BCUT2D eigenvalue weighted by Crippen LogP contribution is 2.38. The average molecular weight is 471 g/mol. The number of hydrogen-bond donors (Lipinski definition) is 0. The van der Waals surface area contributed by atoms with Crippen LogP contribution in [0.25, 0.3) is 6.08 Å². The summed E-state index contributed by atoms with van der Waals surface area (Å²) in [7, 11) is 4.49. The van der Waals surface area contributed by atoms with Crippen molar-refractivity contribution >= 4 is 23.8 Å². The lowest BCUT2D eigenvalue weighted by molar-refractivity contribution is -0.129. The Morgan fingerprint density at radius 1 is 1.09 bits per heavy atom. The van der Waals surface area contributed by atoms with Gasteiger partial charge in [0.2, 0.25) is 16.9 Å². The van der Waals surface area contributed by atoms with Gasteiger partial charge in [0.25, 0.3) is 0 Å². The fraction of sp³-hybridized carbons (Fsp3) is 0.217. The van der Waals surface area contributed by atoms with E-state index in [2.05, 4.69) is 9.97 Å². The predicted molar refractivity (Wildman–Crippen MR) is 122 cm³/mol. The molecule has 3 rings (SSSR count). The summed E-state index contributed by atoms with van der Waals surface area (Å²) in [6.45, 7) is 1.87. The van der Waals surface area contributed by atoms with Crippen LogP contribution in [-0.2, 0) is 10.5 Å². The molecule has 0 saturated carbocycles. The van der Waals surface area contributed by atoms with Crippen molar-refractivity contribution in [2.45, 2.75) is 17.8 Å². The number of aromatic nitrogens is 2. The van der Waals surface area contributed by atoms with Crippen molar-refractivity contribution in [2.75, 3.05) is 21.3 Å². The smallest absolute Gasteiger partial charge is 0.336 e. The summed E-state index contributed by atoms with van der Waals surface area (Å²) < 4.78 is 26.4. The highest BCUT2D eigenvalue weighted by molar-refractivity contribution is 7.98. The molecule has 0 unspecified atom stereocenters. The first-order valence-corrected chi connectivity index (χ1v) is 10.7. The molecule has 0 aliphatic rings. The molecule has 33 heavy (non-hydrogen) atoms. The number of rotatable bonds is 9. The van der Waals surface area contributed by atoms with E-state index < -0.39 is 11.4 Å². The molecule has 0 spiro atoms. The van der Waals surface area contributed by atoms with Crippen LogP contribution in [0.1, 0.15) is 17.0 Å². The number of benzene rings is 1. The third-order valence-corrected chi connectivity index (χ3v) is 5.16. The fourth-order valence-corrected chi connectivity index (χ4v) is 3.49. The molecule has 10 heteroatoms. The fourth-order valence-electron chi connectivity index (χ4n) is 2.72. The maximum absolute atomic E-state index is 12.3. The van der Waals surface area contributed by atoms with Crippen LogP contribution in [0.2, 0.25) is 0 Å². The predicted octanol–water partition coefficient (Wildman–Crippen LogP) is 3.68. The van der Waals surface area contributed by atoms with Crippen molar-refractivity contribution < 1.29 is 28.2 Å². The van der Waals surface area contributed by atoms with E-state index in [0.717, 1.165) is 12.0 Å². The van der Waals surface area contributed by atoms with Gasteiger partial charge in [0.15, 0.2) is 16.7 Å². The Kier molecular flexibility index (Phi) is 8.09. The van der Waals surface area contributed by atoms with E-state index in [0.29, 0.717) is 39.5 Å². The van der Waals surface area contributed by atoms with Gasteiger partial charge in [-0.25, -0.2) is 14.8 Å². The largest absolute Gasteiger partial charge is 0.493 e. The Morgan fingerprint density at radius 2 is 1.82 bits per heavy atom. The van der Waals surface area contributed by atoms with E-state index >= 15 is 0 Å². The second-order valence-electron chi connectivity index (χ2n) is 6.56. The maximum atomic E-state index is 12.3. The zero-order chi connectivity index (χ0) is 23.8. The van der Waals surface area contributed by atoms with Gasteiger partial charge in [0.05, 0.1) is 27.1 Å². The third-order valence-electron chi connectivity index (χ3n) is 4.28. The molecule has 0 aliphatic heterocycles. The van der Waals surface area contributed by atoms with Gasteiger partial charge in [-0.2, -0.15) is 0 Å². The lowest BCUT2D eigenvalue weighted by Crippen LogP contribution is -2.12. The summed E-state index contributed by atoms with van der Waals surface area (Å²) in [5.41, 5.74) is 0.978. The lowest BCUT2D eigenvalue weighted by Gasteiger charge is -2.12. The van der Waals surface area contributed by atoms with Gasteiger partial charge in [-0.1, -0.05) is 11.8 Å². The minimum atomic E-state index is -0.744. The Morgan fingerprint density at radius 3 is 2.42 bits per heavy atom. The van der Waals surface area contributed by atoms with Crippen molar-refractivity contribution in [3.05, 3.63) is 70.0 Å². The molecule has 0 N–H and O–H groups in total. The van der Waals surface area contributed by atoms with Crippen molar-refractivity contribution in [2.24, 2.45) is 0 Å². The number of ether oxygens (including phenoxy) is 4. The number of hydrogen-bond acceptors (Lipinski definition) is 10. The van der Waals surface area contributed by atoms with Crippen molar-refractivity contribution in [3.8, 4) is 23.0 Å². The van der Waals surface area contributed by atoms with Crippen molar-refractivity contribution in [1.29, 1.82) is 0 Å². The summed E-state index contributed by atoms with van der Waals surface area (Å²) in [6, 6.07) is 6.41. The zero-order valence-corrected chi connectivity index (χ0v) is 19.3. The Hall–Kier alpha value is -3.79. The molecule has 1 aromatic carbocycles. The Bertz CT molecular complexity index is 1200. The second-order valence-corrected chi connectivity index (χ2v) is 7.50. The molecule has 0 amide bonds. The zero-order valence-electron chi connectivity index (χ0n) is 18.5. The number of methoxy groups -OCH3 is 3. The molecule has 0 saturated heterocycles. The summed E-state index contributed by atoms with van der Waals surface area (Å²) in [5, 5.41) is 0.574. The number of esters is 1. The van der Waals surface area contributed by atoms with Crippen LogP contribution >= 0.6 is 11.8 Å². The van der Waals surface area contributed by atoms with Crippen molar-refractivity contribution in [3.63, 3.8) is 0 Å². The van der Waals surface area contributed by atoms with E-state index in [-0.39, 0.29) is 5.75 Å². The molecule has 2 heterocycles. The molecule has 172 valence electrons. The summed E-state index contributed by atoms with van der Waals surface area (Å²) in [5.74, 6) is 1.12. The average Bonchev–Trinajstić information content (AvgIpc) is 2.82. The van der Waals surface area contributed by atoms with Gasteiger partial charge >= 0.3 is 5.97 Å². The molecule has 0 fully saturated rings. The molecule has 0 atom stereocenters. The molecule has 2 aromatic heterocycles. The summed E-state index contributed by atoms with van der Waals surface area (Å²) in [6.07, 6.45) is 5.45. The van der Waals surface area contributed by atoms with Gasteiger partial charge in [-0.15, -0.1) is 0 Å². The second kappa shape index (κ2) is 11.2. The van der Waals surface area contributed by atoms with Gasteiger partial charge in [0, 0.05) is 24.0 Å². The number of nitrogens with zero attached hydrogens (tertiary/aromatic N) is 2. The van der Waals surface area contributed by atoms with Crippen LogP contribution in [0.5, 0.6) is 23.0 Å². The van der Waals surface area contributed by atoms with E-state index in [1.165, 1.54) is 51.3 Å². The van der Waals surface area contributed by atoms with Gasteiger partial charge < -0.3 is 23.4 Å². The molecule has 0 aliphatic carbocycles. The molecule has 0 bridgehead atoms. The quantitative estimate of drug-likeness (QED) is 0.199. The molecule has 0 radical (unpaired) electrons. The van der Waals surface area contributed by atoms with E-state index in [4.69, 9.17) is 23.4 Å². The van der Waals surface area contributed by atoms with E-state index in [1.807, 2.05) is 6.92 Å². The first-order chi connectivity index (χ1) is 15.9. The number of aryl methyl sites for hydroxylation is 1. The highest BCUT2D eigenvalue weighted by atomic mass is 32.2. The van der Waals surface area contributed by atoms with Crippen LogP contribution < -0.4 is 24.4 Å². The first-order valence-electron chi connectivity index (χ1n) is 9.67. The molecule has 9 nitrogen and oxygen atoms in total. The monoisotopic (exact) mass is 470 g/mol. The summed E-state index contributed by atoms with van der Waals surface area (Å²) >= 11 is 1.33. The minimum Gasteiger partial charge on any atom is -0.493 e. The first kappa shape index (κ1) is 23.9. The standard InChI is InChI=1S/C23H22N2O7S/c1-14-7-8-24-23(25-14)33-13-16-11-17(26)20(12-31-16)32-21(27)6-5-15-9-18(28-2)22(30-4)19(10-15)29-3/h5-12H,13H2,1-4H3. The number of carbonyl (C=O) groups is 1. The van der Waals surface area contributed by atoms with Crippen molar-refractivity contribution in [1.82, 2.24) is 9.97 Å².